The van der Waals surface area contributed by atoms with E-state index in [4.69, 9.17) is 27.9 Å². The number of aromatic nitrogens is 4. The third kappa shape index (κ3) is 8.20. The number of thioether (sulfide) groups is 1. The molecule has 22 heteroatoms. The molecular formula is C36H37ClFN11O7S2. The number of nitrogen functional groups attached to an aromatic ring is 1. The molecule has 6 heterocycles. The van der Waals surface area contributed by atoms with Crippen molar-refractivity contribution >= 4 is 86.2 Å². The first-order chi connectivity index (χ1) is 27.6. The summed E-state index contributed by atoms with van der Waals surface area (Å²) in [7, 11) is 0. The zero-order chi connectivity index (χ0) is 41.5. The Kier molecular flexibility index (Phi) is 11.4. The van der Waals surface area contributed by atoms with E-state index in [1.54, 1.807) is 29.2 Å². The third-order valence-electron chi connectivity index (χ3n) is 9.78. The molecule has 2 saturated heterocycles. The first-order valence-electron chi connectivity index (χ1n) is 17.9. The lowest BCUT2D eigenvalue weighted by atomic mass is 10.0. The highest BCUT2D eigenvalue weighted by atomic mass is 35.5. The molecule has 1 aromatic carbocycles. The number of carbonyl (C=O) groups is 4. The first kappa shape index (κ1) is 40.6. The van der Waals surface area contributed by atoms with Crippen molar-refractivity contribution < 1.29 is 43.2 Å². The van der Waals surface area contributed by atoms with Crippen molar-refractivity contribution in [3.8, 4) is 0 Å². The number of amidine groups is 1. The lowest BCUT2D eigenvalue weighted by Gasteiger charge is -2.50. The molecule has 4 aromatic rings. The molecule has 2 fully saturated rings. The van der Waals surface area contributed by atoms with Gasteiger partial charge in [0, 0.05) is 63.2 Å². The zero-order valence-electron chi connectivity index (χ0n) is 31.0. The van der Waals surface area contributed by atoms with Gasteiger partial charge in [0.05, 0.1) is 24.3 Å². The number of aliphatic imine (C=N–C) groups is 1. The number of nitrogens with zero attached hydrogens (tertiary/aromatic N) is 7. The number of benzene rings is 1. The van der Waals surface area contributed by atoms with Crippen molar-refractivity contribution in [1.82, 2.24) is 29.5 Å². The molecule has 3 atom stereocenters. The number of piperidine rings is 1. The molecule has 3 aliphatic heterocycles. The van der Waals surface area contributed by atoms with Crippen molar-refractivity contribution in [2.24, 2.45) is 15.9 Å². The summed E-state index contributed by atoms with van der Waals surface area (Å²) in [6.07, 6.45) is 7.20. The van der Waals surface area contributed by atoms with Crippen LogP contribution in [0.15, 0.2) is 64.3 Å². The zero-order valence-corrected chi connectivity index (χ0v) is 33.4. The van der Waals surface area contributed by atoms with Gasteiger partial charge in [0.15, 0.2) is 24.1 Å². The Hall–Kier alpha value is -5.64. The van der Waals surface area contributed by atoms with Crippen LogP contribution < -0.4 is 31.8 Å². The van der Waals surface area contributed by atoms with Crippen LogP contribution in [0.4, 0.5) is 9.52 Å². The molecule has 7 rings (SSSR count). The minimum Gasteiger partial charge on any atom is -0.543 e. The van der Waals surface area contributed by atoms with E-state index < -0.39 is 52.3 Å². The second-order valence-corrected chi connectivity index (χ2v) is 16.5. The summed E-state index contributed by atoms with van der Waals surface area (Å²) in [6.45, 7) is 4.20. The van der Waals surface area contributed by atoms with E-state index in [0.29, 0.717) is 23.2 Å². The van der Waals surface area contributed by atoms with Gasteiger partial charge < -0.3 is 46.5 Å². The fourth-order valence-corrected chi connectivity index (χ4v) is 8.67. The number of hydrogen-bond acceptors (Lipinski definition) is 14. The molecule has 58 heavy (non-hydrogen) atoms. The van der Waals surface area contributed by atoms with Crippen LogP contribution in [-0.2, 0) is 37.1 Å². The Balaban J connectivity index is 1.08. The van der Waals surface area contributed by atoms with Crippen molar-refractivity contribution in [3.05, 3.63) is 81.9 Å². The van der Waals surface area contributed by atoms with Gasteiger partial charge in [-0.25, -0.2) is 9.18 Å². The topological polar surface area (TPSA) is 259 Å². The van der Waals surface area contributed by atoms with Crippen LogP contribution in [0.25, 0.3) is 10.9 Å². The maximum absolute atomic E-state index is 15.6. The molecule has 3 aromatic heterocycles. The minimum absolute atomic E-state index is 0.00667. The highest BCUT2D eigenvalue weighted by Gasteiger charge is 2.53. The lowest BCUT2D eigenvalue weighted by molar-refractivity contribution is -0.687. The average molecular weight is 854 g/mol. The fraction of sp³-hybridized carbons (Fsp3) is 0.361. The number of anilines is 1. The normalized spacial score (nSPS) is 20.2. The number of halogens is 2. The van der Waals surface area contributed by atoms with Gasteiger partial charge in [-0.3, -0.25) is 19.5 Å². The maximum atomic E-state index is 15.6. The summed E-state index contributed by atoms with van der Waals surface area (Å²) in [5.74, 6) is -5.06. The lowest BCUT2D eigenvalue weighted by Crippen LogP contribution is -2.71. The Bertz CT molecular complexity index is 2400. The standard InChI is InChI=1S/C36H37ClFN11O7S2/c1-36(2,34(54)55)56-45-25(29-44-35(40)58-46-29)30(50)43-26-31(51)49-27(33(52)53)19(16-57-32(26)49)13-47-8-5-17-6-9-48(24(17)15-47)14-21-22(37)10-18(11-23(21)38)28(39)42-20-4-3-7-41-12-20/h5-6,8-11,15,20,26,32,41H,3-4,7,12-14,16H2,1-2H3,(H6-,39,40,42,43,44,46,50,52,53,54,55)/b45-25-/t20?,26-,32-/m1/s1. The van der Waals surface area contributed by atoms with Gasteiger partial charge in [0.25, 0.3) is 11.8 Å². The third-order valence-corrected chi connectivity index (χ3v) is 12.0. The number of fused-ring (bicyclic) bond motifs is 2. The smallest absolute Gasteiger partial charge is 0.350 e. The molecule has 2 amide bonds. The van der Waals surface area contributed by atoms with Crippen LogP contribution in [0.1, 0.15) is 43.6 Å². The van der Waals surface area contributed by atoms with Crippen LogP contribution in [0.5, 0.6) is 0 Å². The summed E-state index contributed by atoms with van der Waals surface area (Å²) < 4.78 is 23.1. The molecule has 18 nitrogen and oxygen atoms in total. The van der Waals surface area contributed by atoms with E-state index in [-0.39, 0.29) is 58.0 Å². The predicted molar refractivity (Wildman–Crippen MR) is 210 cm³/mol. The van der Waals surface area contributed by atoms with Gasteiger partial charge in [-0.1, -0.05) is 16.8 Å². The van der Waals surface area contributed by atoms with Gasteiger partial charge in [-0.15, -0.1) is 11.8 Å². The molecule has 0 radical (unpaired) electrons. The van der Waals surface area contributed by atoms with Crippen LogP contribution in [0.2, 0.25) is 5.02 Å². The van der Waals surface area contributed by atoms with E-state index in [1.165, 1.54) is 31.7 Å². The molecule has 7 N–H and O–H groups in total. The summed E-state index contributed by atoms with van der Waals surface area (Å²) in [4.78, 5) is 65.6. The first-order valence-corrected chi connectivity index (χ1v) is 20.1. The van der Waals surface area contributed by atoms with Gasteiger partial charge >= 0.3 is 5.97 Å². The average Bonchev–Trinajstić information content (AvgIpc) is 3.80. The number of aliphatic carboxylic acids is 2. The molecular weight excluding hydrogens is 817 g/mol. The number of pyridine rings is 1. The number of rotatable bonds is 13. The maximum Gasteiger partial charge on any atom is 0.350 e. The van der Waals surface area contributed by atoms with Crippen molar-refractivity contribution in [2.75, 3.05) is 24.6 Å². The van der Waals surface area contributed by atoms with Crippen LogP contribution in [-0.4, -0.2) is 101 Å². The Labute approximate surface area is 342 Å². The van der Waals surface area contributed by atoms with Crippen molar-refractivity contribution in [1.29, 1.82) is 0 Å². The number of β-lactam (4-membered cyclic amide) rings is 1. The number of nitrogens with one attached hydrogen (secondary N) is 2. The Morgan fingerprint density at radius 3 is 2.76 bits per heavy atom. The van der Waals surface area contributed by atoms with Crippen LogP contribution in [0, 0.1) is 5.82 Å². The minimum atomic E-state index is -1.83. The number of nitrogens with two attached hydrogens (primary N) is 2. The van der Waals surface area contributed by atoms with Gasteiger partial charge in [0.1, 0.15) is 28.6 Å². The molecule has 0 bridgehead atoms. The number of amides is 2. The quantitative estimate of drug-likeness (QED) is 0.0401. The number of carboxylic acid groups (broad SMARTS) is 2. The van der Waals surface area contributed by atoms with E-state index in [9.17, 15) is 29.4 Å². The monoisotopic (exact) mass is 853 g/mol. The van der Waals surface area contributed by atoms with Gasteiger partial charge in [-0.05, 0) is 51.4 Å². The molecule has 3 aliphatic rings. The molecule has 0 aliphatic carbocycles. The summed E-state index contributed by atoms with van der Waals surface area (Å²) in [5.41, 5.74) is 11.0. The number of hydrogen-bond donors (Lipinski definition) is 5. The summed E-state index contributed by atoms with van der Waals surface area (Å²) in [6, 6.07) is 5.44. The second kappa shape index (κ2) is 16.3. The predicted octanol–water partition coefficient (Wildman–Crippen LogP) is 0.349. The molecule has 304 valence electrons. The van der Waals surface area contributed by atoms with E-state index in [0.717, 1.165) is 41.2 Å². The van der Waals surface area contributed by atoms with Crippen LogP contribution >= 0.6 is 34.9 Å². The summed E-state index contributed by atoms with van der Waals surface area (Å²) in [5, 5.41) is 31.6. The molecule has 0 saturated carbocycles. The Morgan fingerprint density at radius 2 is 2.09 bits per heavy atom. The second-order valence-electron chi connectivity index (χ2n) is 14.2. The number of carbonyl (C=O) groups excluding carboxylic acids is 3. The SMILES string of the molecule is CC(C)(O/N=C(\C(=O)N[C@@H]1C(=O)N2C(C(=O)[O-])=C(C[n+]3ccc4ccn(Cc5c(F)cc(C(N)=NC6CCCNC6)cc5Cl)c4c3)CS[C@H]12)c1nsc(N)n1)C(=O)O. The Morgan fingerprint density at radius 1 is 1.29 bits per heavy atom. The van der Waals surface area contributed by atoms with E-state index in [1.807, 2.05) is 16.7 Å². The van der Waals surface area contributed by atoms with Crippen molar-refractivity contribution in [3.63, 3.8) is 0 Å². The van der Waals surface area contributed by atoms with Gasteiger partial charge in [-0.2, -0.15) is 13.9 Å². The highest BCUT2D eigenvalue weighted by molar-refractivity contribution is 8.00. The number of carboxylic acids is 2. The van der Waals surface area contributed by atoms with E-state index in [2.05, 4.69) is 30.1 Å². The van der Waals surface area contributed by atoms with Crippen molar-refractivity contribution in [2.45, 2.75) is 62.8 Å². The molecule has 0 spiro atoms. The number of oxime groups is 1. The highest BCUT2D eigenvalue weighted by Crippen LogP contribution is 2.40. The largest absolute Gasteiger partial charge is 0.543 e. The van der Waals surface area contributed by atoms with Gasteiger partial charge in [0.2, 0.25) is 17.1 Å². The van der Waals surface area contributed by atoms with Crippen LogP contribution in [0.3, 0.4) is 0 Å². The summed E-state index contributed by atoms with van der Waals surface area (Å²) >= 11 is 8.59. The van der Waals surface area contributed by atoms with E-state index >= 15 is 4.39 Å². The fourth-order valence-electron chi connectivity index (χ4n) is 6.63. The molecule has 1 unspecified atom stereocenters.